The van der Waals surface area contributed by atoms with Crippen molar-refractivity contribution in [2.24, 2.45) is 0 Å². The van der Waals surface area contributed by atoms with Gasteiger partial charge in [0.2, 0.25) is 0 Å². The summed E-state index contributed by atoms with van der Waals surface area (Å²) in [5.74, 6) is 0. The van der Waals surface area contributed by atoms with Crippen molar-refractivity contribution in [2.75, 3.05) is 0 Å². The topological polar surface area (TPSA) is 71.7 Å². The molecule has 1 aromatic heterocycles. The second-order valence-electron chi connectivity index (χ2n) is 6.30. The number of nitrogens with zero attached hydrogens (tertiary/aromatic N) is 1. The number of aromatic nitrogens is 1. The van der Waals surface area contributed by atoms with E-state index in [1.165, 1.54) is 0 Å². The molecule has 0 saturated carbocycles. The quantitative estimate of drug-likeness (QED) is 0.313. The van der Waals surface area contributed by atoms with Gasteiger partial charge in [-0.1, -0.05) is 30.8 Å². The molecule has 3 aromatic rings. The van der Waals surface area contributed by atoms with E-state index >= 15 is 0 Å². The summed E-state index contributed by atoms with van der Waals surface area (Å²) < 4.78 is 1.93. The van der Waals surface area contributed by atoms with Crippen LogP contribution in [0.25, 0.3) is 21.8 Å². The summed E-state index contributed by atoms with van der Waals surface area (Å²) in [4.78, 5) is 17.1. The van der Waals surface area contributed by atoms with Gasteiger partial charge in [-0.3, -0.25) is 10.1 Å². The highest BCUT2D eigenvalue weighted by atomic mass is 17.1. The lowest BCUT2D eigenvalue weighted by Crippen LogP contribution is -2.26. The number of hydrogen-bond donors (Lipinski definition) is 2. The second kappa shape index (κ2) is 7.19. The molecule has 1 heterocycles. The van der Waals surface area contributed by atoms with Crippen molar-refractivity contribution in [3.8, 4) is 0 Å². The van der Waals surface area contributed by atoms with Gasteiger partial charge in [0.25, 0.3) is 0 Å². The Labute approximate surface area is 145 Å². The zero-order valence-corrected chi connectivity index (χ0v) is 14.1. The maximum Gasteiger partial charge on any atom is 0.197 e. The lowest BCUT2D eigenvalue weighted by atomic mass is 10.0. The number of hydrogen-bond acceptors (Lipinski definition) is 4. The molecule has 0 fully saturated rings. The fraction of sp³-hybridized carbons (Fsp3) is 0.250. The van der Waals surface area contributed by atoms with E-state index < -0.39 is 12.2 Å². The third-order valence-corrected chi connectivity index (χ3v) is 4.44. The lowest BCUT2D eigenvalue weighted by molar-refractivity contribution is -0.273. The van der Waals surface area contributed by atoms with E-state index in [1.807, 2.05) is 41.0 Å². The molecule has 0 aliphatic rings. The average molecular weight is 339 g/mol. The van der Waals surface area contributed by atoms with Gasteiger partial charge >= 0.3 is 0 Å². The monoisotopic (exact) mass is 339 g/mol. The van der Waals surface area contributed by atoms with E-state index in [9.17, 15) is 9.90 Å². The van der Waals surface area contributed by atoms with Crippen LogP contribution >= 0.6 is 0 Å². The van der Waals surface area contributed by atoms with Gasteiger partial charge in [0.05, 0.1) is 17.1 Å². The van der Waals surface area contributed by atoms with Crippen LogP contribution in [0.15, 0.2) is 65.5 Å². The van der Waals surface area contributed by atoms with Gasteiger partial charge in [-0.2, -0.15) is 0 Å². The van der Waals surface area contributed by atoms with Gasteiger partial charge in [-0.25, -0.2) is 4.89 Å². The minimum absolute atomic E-state index is 0.0181. The first-order chi connectivity index (χ1) is 12.0. The molecule has 0 aliphatic heterocycles. The van der Waals surface area contributed by atoms with Gasteiger partial charge < -0.3 is 9.67 Å². The average Bonchev–Trinajstić information content (AvgIpc) is 2.63. The first-order valence-electron chi connectivity index (χ1n) is 8.17. The molecule has 3 rings (SSSR count). The minimum Gasteiger partial charge on any atom is -0.391 e. The fourth-order valence-electron chi connectivity index (χ4n) is 3.14. The van der Waals surface area contributed by atoms with E-state index in [2.05, 4.69) is 11.5 Å². The van der Waals surface area contributed by atoms with Gasteiger partial charge in [0.15, 0.2) is 5.43 Å². The summed E-state index contributed by atoms with van der Waals surface area (Å²) in [5.41, 5.74) is 2.15. The first-order valence-corrected chi connectivity index (χ1v) is 8.17. The number of fused-ring (bicyclic) bond motifs is 2. The van der Waals surface area contributed by atoms with Crippen LogP contribution in [0.3, 0.4) is 0 Å². The Morgan fingerprint density at radius 1 is 1.12 bits per heavy atom. The van der Waals surface area contributed by atoms with E-state index in [1.54, 1.807) is 19.1 Å². The van der Waals surface area contributed by atoms with Crippen LogP contribution in [0, 0.1) is 0 Å². The molecule has 0 saturated heterocycles. The Bertz CT molecular complexity index is 916. The van der Waals surface area contributed by atoms with Crippen molar-refractivity contribution < 1.29 is 15.3 Å². The number of rotatable bonds is 6. The van der Waals surface area contributed by atoms with E-state index in [4.69, 9.17) is 5.26 Å². The largest absolute Gasteiger partial charge is 0.391 e. The normalized spacial score (nSPS) is 13.9. The molecule has 0 spiro atoms. The summed E-state index contributed by atoms with van der Waals surface area (Å²) in [6, 6.07) is 14.7. The number of para-hydroxylation sites is 2. The molecular formula is C20H21NO4. The summed E-state index contributed by atoms with van der Waals surface area (Å²) >= 11 is 0. The summed E-state index contributed by atoms with van der Waals surface area (Å²) in [6.45, 7) is 5.76. The third kappa shape index (κ3) is 3.35. The molecule has 0 amide bonds. The van der Waals surface area contributed by atoms with E-state index in [0.717, 1.165) is 11.0 Å². The molecular weight excluding hydrogens is 318 g/mol. The smallest absolute Gasteiger partial charge is 0.197 e. The molecule has 0 bridgehead atoms. The van der Waals surface area contributed by atoms with Gasteiger partial charge in [-0.05, 0) is 36.8 Å². The number of pyridine rings is 1. The number of aliphatic hydroxyl groups excluding tert-OH is 1. The predicted molar refractivity (Wildman–Crippen MR) is 98.7 cm³/mol. The summed E-state index contributed by atoms with van der Waals surface area (Å²) in [7, 11) is 0. The fourth-order valence-corrected chi connectivity index (χ4v) is 3.14. The maximum absolute atomic E-state index is 12.7. The Morgan fingerprint density at radius 2 is 1.64 bits per heavy atom. The van der Waals surface area contributed by atoms with Crippen LogP contribution < -0.4 is 5.43 Å². The highest BCUT2D eigenvalue weighted by Gasteiger charge is 2.18. The minimum atomic E-state index is -0.775. The van der Waals surface area contributed by atoms with Crippen molar-refractivity contribution in [3.05, 3.63) is 70.9 Å². The maximum atomic E-state index is 12.7. The van der Waals surface area contributed by atoms with Crippen LogP contribution in [0.2, 0.25) is 0 Å². The number of aliphatic hydroxyl groups is 1. The molecule has 25 heavy (non-hydrogen) atoms. The van der Waals surface area contributed by atoms with Gasteiger partial charge in [0, 0.05) is 23.7 Å². The Morgan fingerprint density at radius 3 is 2.12 bits per heavy atom. The van der Waals surface area contributed by atoms with Crippen LogP contribution in [0.1, 0.15) is 13.3 Å². The Hall–Kier alpha value is -2.47. The van der Waals surface area contributed by atoms with Crippen molar-refractivity contribution in [1.82, 2.24) is 4.57 Å². The van der Waals surface area contributed by atoms with Crippen LogP contribution in [0.4, 0.5) is 0 Å². The molecule has 0 radical (unpaired) electrons. The van der Waals surface area contributed by atoms with E-state index in [0.29, 0.717) is 16.3 Å². The molecule has 2 N–H and O–H groups in total. The van der Waals surface area contributed by atoms with Crippen molar-refractivity contribution >= 4 is 21.8 Å². The molecule has 2 atom stereocenters. The van der Waals surface area contributed by atoms with Crippen molar-refractivity contribution in [2.45, 2.75) is 32.1 Å². The van der Waals surface area contributed by atoms with Crippen molar-refractivity contribution in [1.29, 1.82) is 0 Å². The zero-order valence-electron chi connectivity index (χ0n) is 14.1. The van der Waals surface area contributed by atoms with Gasteiger partial charge in [-0.15, -0.1) is 0 Å². The SMILES string of the molecule is C=C(C)C(CC(O)Cn1c2ccccc2c(=O)c2ccccc21)OO. The molecule has 130 valence electrons. The third-order valence-electron chi connectivity index (χ3n) is 4.44. The second-order valence-corrected chi connectivity index (χ2v) is 6.30. The van der Waals surface area contributed by atoms with Crippen LogP contribution in [0.5, 0.6) is 0 Å². The zero-order chi connectivity index (χ0) is 18.0. The summed E-state index contributed by atoms with van der Waals surface area (Å²) in [6.07, 6.45) is -1.20. The lowest BCUT2D eigenvalue weighted by Gasteiger charge is -2.21. The highest BCUT2D eigenvalue weighted by Crippen LogP contribution is 2.21. The first kappa shape index (κ1) is 17.4. The van der Waals surface area contributed by atoms with Crippen LogP contribution in [-0.4, -0.2) is 27.1 Å². The van der Waals surface area contributed by atoms with E-state index in [-0.39, 0.29) is 18.4 Å². The predicted octanol–water partition coefficient (Wildman–Crippen LogP) is 3.34. The Kier molecular flexibility index (Phi) is 4.99. The van der Waals surface area contributed by atoms with Crippen molar-refractivity contribution in [3.63, 3.8) is 0 Å². The summed E-state index contributed by atoms with van der Waals surface area (Å²) in [5, 5.41) is 20.7. The standard InChI is InChI=1S/C20H21NO4/c1-13(2)19(25-24)11-14(22)12-21-17-9-5-3-7-15(17)20(23)16-8-4-6-10-18(16)21/h3-10,14,19,22,24H,1,11-12H2,2H3. The molecule has 0 aliphatic carbocycles. The van der Waals surface area contributed by atoms with Gasteiger partial charge in [0.1, 0.15) is 6.10 Å². The molecule has 2 aromatic carbocycles. The number of benzene rings is 2. The molecule has 2 unspecified atom stereocenters. The highest BCUT2D eigenvalue weighted by molar-refractivity contribution is 5.93. The molecule has 5 heteroatoms. The molecule has 5 nitrogen and oxygen atoms in total. The Balaban J connectivity index is 2.09. The van der Waals surface area contributed by atoms with Crippen LogP contribution in [-0.2, 0) is 11.4 Å².